The van der Waals surface area contributed by atoms with Crippen molar-refractivity contribution in [3.63, 3.8) is 0 Å². The molecule has 0 spiro atoms. The molecule has 2 atom stereocenters. The Hall–Kier alpha value is -1.40. The van der Waals surface area contributed by atoms with E-state index in [2.05, 4.69) is 31.3 Å². The van der Waals surface area contributed by atoms with E-state index < -0.39 is 12.1 Å². The average Bonchev–Trinajstić information content (AvgIpc) is 3.34. The largest absolute Gasteiger partial charge is 0.466 e. The molecule has 0 radical (unpaired) electrons. The number of carbonyl (C=O) groups excluding carboxylic acids is 2. The van der Waals surface area contributed by atoms with Crippen molar-refractivity contribution in [2.45, 2.75) is 360 Å². The number of unbranched alkanes of at least 4 members (excludes halogenated alkanes) is 45. The zero-order chi connectivity index (χ0) is 49.3. The molecule has 6 heteroatoms. The second-order valence-corrected chi connectivity index (χ2v) is 21.4. The van der Waals surface area contributed by atoms with Gasteiger partial charge in [-0.1, -0.05) is 296 Å². The van der Waals surface area contributed by atoms with E-state index in [4.69, 9.17) is 4.74 Å². The molecule has 68 heavy (non-hydrogen) atoms. The minimum absolute atomic E-state index is 0.00742. The number of ether oxygens (including phenoxy) is 1. The third-order valence-corrected chi connectivity index (χ3v) is 14.6. The smallest absolute Gasteiger partial charge is 0.305 e. The van der Waals surface area contributed by atoms with Crippen LogP contribution in [0.5, 0.6) is 0 Å². The number of carbonyl (C=O) groups is 2. The molecular formula is C62H121NO5. The lowest BCUT2D eigenvalue weighted by Crippen LogP contribution is -2.45. The van der Waals surface area contributed by atoms with Crippen LogP contribution in [0.3, 0.4) is 0 Å². The number of aliphatic hydroxyl groups is 2. The number of aliphatic hydroxyl groups excluding tert-OH is 2. The maximum absolute atomic E-state index is 12.5. The Morgan fingerprint density at radius 2 is 0.691 bits per heavy atom. The Kier molecular flexibility index (Phi) is 57.0. The molecule has 0 saturated carbocycles. The SMILES string of the molecule is CCCCCCCCCCCCCCCCCCCCCCCCCC(O)C(CO)NC(=O)CCCCCCCCC/C=C\CCCCCCOC(=O)CCCCCCCCCCCCCCC. The number of esters is 1. The molecule has 0 heterocycles. The Morgan fingerprint density at radius 1 is 0.397 bits per heavy atom. The Morgan fingerprint density at radius 3 is 1.04 bits per heavy atom. The van der Waals surface area contributed by atoms with Gasteiger partial charge in [0.15, 0.2) is 0 Å². The molecule has 404 valence electrons. The van der Waals surface area contributed by atoms with Crippen molar-refractivity contribution in [2.75, 3.05) is 13.2 Å². The van der Waals surface area contributed by atoms with Gasteiger partial charge in [0.25, 0.3) is 0 Å². The van der Waals surface area contributed by atoms with Gasteiger partial charge < -0.3 is 20.3 Å². The van der Waals surface area contributed by atoms with Gasteiger partial charge in [-0.2, -0.15) is 0 Å². The topological polar surface area (TPSA) is 95.9 Å². The first-order valence-corrected chi connectivity index (χ1v) is 30.9. The Bertz CT molecular complexity index is 1020. The van der Waals surface area contributed by atoms with Crippen molar-refractivity contribution in [1.82, 2.24) is 5.32 Å². The molecule has 0 aromatic carbocycles. The predicted molar refractivity (Wildman–Crippen MR) is 297 cm³/mol. The summed E-state index contributed by atoms with van der Waals surface area (Å²) in [6, 6.07) is -0.553. The van der Waals surface area contributed by atoms with Gasteiger partial charge in [0.2, 0.25) is 5.91 Å². The minimum Gasteiger partial charge on any atom is -0.466 e. The number of amides is 1. The summed E-state index contributed by atoms with van der Waals surface area (Å²) >= 11 is 0. The van der Waals surface area contributed by atoms with E-state index in [1.165, 1.54) is 244 Å². The highest BCUT2D eigenvalue weighted by molar-refractivity contribution is 5.76. The van der Waals surface area contributed by atoms with Crippen LogP contribution < -0.4 is 5.32 Å². The van der Waals surface area contributed by atoms with Gasteiger partial charge in [-0.3, -0.25) is 9.59 Å². The molecule has 0 saturated heterocycles. The van der Waals surface area contributed by atoms with Gasteiger partial charge in [0.05, 0.1) is 25.4 Å². The third kappa shape index (κ3) is 53.9. The first-order chi connectivity index (χ1) is 33.5. The minimum atomic E-state index is -0.675. The lowest BCUT2D eigenvalue weighted by atomic mass is 10.0. The number of rotatable bonds is 58. The molecule has 0 fully saturated rings. The van der Waals surface area contributed by atoms with Crippen LogP contribution >= 0.6 is 0 Å². The molecular weight excluding hydrogens is 839 g/mol. The molecule has 0 rings (SSSR count). The van der Waals surface area contributed by atoms with Crippen molar-refractivity contribution in [3.8, 4) is 0 Å². The molecule has 1 amide bonds. The zero-order valence-electron chi connectivity index (χ0n) is 46.1. The summed E-state index contributed by atoms with van der Waals surface area (Å²) in [5.74, 6) is -0.0534. The van der Waals surface area contributed by atoms with Crippen LogP contribution in [0.15, 0.2) is 12.2 Å². The van der Waals surface area contributed by atoms with Crippen molar-refractivity contribution < 1.29 is 24.5 Å². The highest BCUT2D eigenvalue weighted by Crippen LogP contribution is 2.18. The van der Waals surface area contributed by atoms with Gasteiger partial charge >= 0.3 is 5.97 Å². The Labute approximate surface area is 425 Å². The highest BCUT2D eigenvalue weighted by Gasteiger charge is 2.20. The number of hydrogen-bond acceptors (Lipinski definition) is 5. The average molecular weight is 961 g/mol. The van der Waals surface area contributed by atoms with Crippen LogP contribution in [0.2, 0.25) is 0 Å². The fourth-order valence-electron chi connectivity index (χ4n) is 9.81. The van der Waals surface area contributed by atoms with Crippen molar-refractivity contribution >= 4 is 11.9 Å². The van der Waals surface area contributed by atoms with E-state index in [1.807, 2.05) is 0 Å². The molecule has 0 aliphatic heterocycles. The van der Waals surface area contributed by atoms with E-state index in [-0.39, 0.29) is 18.5 Å². The van der Waals surface area contributed by atoms with Gasteiger partial charge in [-0.15, -0.1) is 0 Å². The van der Waals surface area contributed by atoms with Crippen molar-refractivity contribution in [3.05, 3.63) is 12.2 Å². The van der Waals surface area contributed by atoms with Crippen molar-refractivity contribution in [1.29, 1.82) is 0 Å². The summed E-state index contributed by atoms with van der Waals surface area (Å²) in [6.45, 7) is 4.95. The standard InChI is InChI=1S/C62H121NO5/c1-3-5-7-9-11-13-15-17-18-19-20-21-22-23-24-25-27-31-34-38-42-46-50-54-60(65)59(58-64)63-61(66)55-51-47-43-39-35-32-28-26-29-33-37-41-45-49-53-57-68-62(67)56-52-48-44-40-36-30-16-14-12-10-8-6-4-2/h29,33,59-60,64-65H,3-28,30-32,34-58H2,1-2H3,(H,63,66)/b33-29-. The highest BCUT2D eigenvalue weighted by atomic mass is 16.5. The molecule has 0 aromatic heterocycles. The van der Waals surface area contributed by atoms with Gasteiger partial charge in [-0.25, -0.2) is 0 Å². The third-order valence-electron chi connectivity index (χ3n) is 14.6. The van der Waals surface area contributed by atoms with E-state index in [9.17, 15) is 19.8 Å². The lowest BCUT2D eigenvalue weighted by molar-refractivity contribution is -0.143. The fraction of sp³-hybridized carbons (Fsp3) is 0.935. The first-order valence-electron chi connectivity index (χ1n) is 30.9. The van der Waals surface area contributed by atoms with E-state index in [1.54, 1.807) is 0 Å². The lowest BCUT2D eigenvalue weighted by Gasteiger charge is -2.22. The van der Waals surface area contributed by atoms with Gasteiger partial charge in [0.1, 0.15) is 0 Å². The maximum atomic E-state index is 12.5. The number of nitrogens with one attached hydrogen (secondary N) is 1. The monoisotopic (exact) mass is 960 g/mol. The maximum Gasteiger partial charge on any atom is 0.305 e. The van der Waals surface area contributed by atoms with Crippen LogP contribution in [0.1, 0.15) is 348 Å². The summed E-state index contributed by atoms with van der Waals surface area (Å²) in [5.41, 5.74) is 0. The van der Waals surface area contributed by atoms with Crippen LogP contribution in [-0.2, 0) is 14.3 Å². The molecule has 0 aromatic rings. The summed E-state index contributed by atoms with van der Waals surface area (Å²) < 4.78 is 5.46. The van der Waals surface area contributed by atoms with E-state index in [0.717, 1.165) is 70.6 Å². The summed E-state index contributed by atoms with van der Waals surface area (Å²) in [5, 5.41) is 23.4. The molecule has 0 bridgehead atoms. The van der Waals surface area contributed by atoms with E-state index in [0.29, 0.717) is 25.9 Å². The molecule has 0 aliphatic carbocycles. The molecule has 2 unspecified atom stereocenters. The summed E-state index contributed by atoms with van der Waals surface area (Å²) in [4.78, 5) is 24.5. The number of allylic oxidation sites excluding steroid dienone is 2. The zero-order valence-corrected chi connectivity index (χ0v) is 46.1. The van der Waals surface area contributed by atoms with E-state index >= 15 is 0 Å². The molecule has 0 aliphatic rings. The van der Waals surface area contributed by atoms with Crippen molar-refractivity contribution in [2.24, 2.45) is 0 Å². The Balaban J connectivity index is 3.45. The van der Waals surface area contributed by atoms with Crippen LogP contribution in [0.4, 0.5) is 0 Å². The quantitative estimate of drug-likeness (QED) is 0.0321. The number of hydrogen-bond donors (Lipinski definition) is 3. The molecule has 6 nitrogen and oxygen atoms in total. The summed E-state index contributed by atoms with van der Waals surface area (Å²) in [7, 11) is 0. The summed E-state index contributed by atoms with van der Waals surface area (Å²) in [6.07, 6.45) is 69.3. The second kappa shape index (κ2) is 58.2. The van der Waals surface area contributed by atoms with Crippen LogP contribution in [-0.4, -0.2) is 47.4 Å². The predicted octanol–water partition coefficient (Wildman–Crippen LogP) is 19.2. The first kappa shape index (κ1) is 66.6. The normalized spacial score (nSPS) is 12.6. The van der Waals surface area contributed by atoms with Gasteiger partial charge in [-0.05, 0) is 51.4 Å². The molecule has 3 N–H and O–H groups in total. The fourth-order valence-corrected chi connectivity index (χ4v) is 9.81. The van der Waals surface area contributed by atoms with Gasteiger partial charge in [0, 0.05) is 12.8 Å². The van der Waals surface area contributed by atoms with Crippen LogP contribution in [0.25, 0.3) is 0 Å². The second-order valence-electron chi connectivity index (χ2n) is 21.4. The van der Waals surface area contributed by atoms with Crippen LogP contribution in [0, 0.1) is 0 Å².